The van der Waals surface area contributed by atoms with Gasteiger partial charge in [-0.1, -0.05) is 66.2 Å². The molecule has 0 aliphatic heterocycles. The van der Waals surface area contributed by atoms with Crippen molar-refractivity contribution in [2.45, 2.75) is 19.8 Å². The molecule has 0 fully saturated rings. The highest BCUT2D eigenvalue weighted by Crippen LogP contribution is 2.26. The van der Waals surface area contributed by atoms with E-state index in [1.807, 2.05) is 54.6 Å². The number of hydrogen-bond donors (Lipinski definition) is 2. The molecule has 0 aliphatic carbocycles. The van der Waals surface area contributed by atoms with Gasteiger partial charge in [-0.05, 0) is 35.0 Å². The third-order valence-electron chi connectivity index (χ3n) is 4.27. The van der Waals surface area contributed by atoms with Crippen LogP contribution < -0.4 is 10.6 Å². The Hall–Kier alpha value is -3.00. The molecule has 2 N–H and O–H groups in total. The summed E-state index contributed by atoms with van der Waals surface area (Å²) in [5.74, 6) is 0. The molecule has 0 heterocycles. The number of halogens is 1. The van der Waals surface area contributed by atoms with Gasteiger partial charge < -0.3 is 15.4 Å². The summed E-state index contributed by atoms with van der Waals surface area (Å²) in [7, 11) is 0. The number of thiocarbonyl (C=S) groups is 1. The van der Waals surface area contributed by atoms with E-state index in [0.717, 1.165) is 16.7 Å². The molecular weight excluding hydrogens is 422 g/mol. The number of nitrogens with one attached hydrogen (secondary N) is 2. The Labute approximate surface area is 185 Å². The molecule has 3 aromatic rings. The highest BCUT2D eigenvalue weighted by Gasteiger charge is 2.10. The summed E-state index contributed by atoms with van der Waals surface area (Å²) >= 11 is 11.3. The van der Waals surface area contributed by atoms with Crippen molar-refractivity contribution >= 4 is 40.3 Å². The molecule has 0 aliphatic rings. The molecule has 0 saturated heterocycles. The molecule has 8 heteroatoms. The lowest BCUT2D eigenvalue weighted by molar-refractivity contribution is -0.384. The van der Waals surface area contributed by atoms with E-state index in [1.54, 1.807) is 0 Å². The average molecular weight is 442 g/mol. The first-order chi connectivity index (χ1) is 14.5. The van der Waals surface area contributed by atoms with E-state index in [1.165, 1.54) is 18.2 Å². The summed E-state index contributed by atoms with van der Waals surface area (Å²) in [6, 6.07) is 22.2. The molecule has 3 aromatic carbocycles. The van der Waals surface area contributed by atoms with Crippen molar-refractivity contribution in [1.82, 2.24) is 5.32 Å². The van der Waals surface area contributed by atoms with E-state index in [-0.39, 0.29) is 5.69 Å². The van der Waals surface area contributed by atoms with Crippen molar-refractivity contribution < 1.29 is 9.66 Å². The van der Waals surface area contributed by atoms with Gasteiger partial charge in [0.25, 0.3) is 5.69 Å². The highest BCUT2D eigenvalue weighted by atomic mass is 35.5. The van der Waals surface area contributed by atoms with Crippen LogP contribution in [0.3, 0.4) is 0 Å². The molecule has 0 bridgehead atoms. The number of hydrogen-bond acceptors (Lipinski definition) is 4. The molecule has 154 valence electrons. The minimum absolute atomic E-state index is 0.0604. The van der Waals surface area contributed by atoms with Gasteiger partial charge in [0.15, 0.2) is 5.11 Å². The van der Waals surface area contributed by atoms with Crippen molar-refractivity contribution in [3.63, 3.8) is 0 Å². The van der Waals surface area contributed by atoms with Gasteiger partial charge in [-0.25, -0.2) is 0 Å². The van der Waals surface area contributed by atoms with Crippen LogP contribution in [0, 0.1) is 10.1 Å². The zero-order valence-electron chi connectivity index (χ0n) is 16.0. The number of ether oxygens (including phenoxy) is 1. The van der Waals surface area contributed by atoms with Crippen LogP contribution in [0.1, 0.15) is 16.7 Å². The smallest absolute Gasteiger partial charge is 0.271 e. The van der Waals surface area contributed by atoms with E-state index in [2.05, 4.69) is 10.6 Å². The van der Waals surface area contributed by atoms with Crippen molar-refractivity contribution in [2.24, 2.45) is 0 Å². The molecular formula is C22H20ClN3O3S. The first-order valence-electron chi connectivity index (χ1n) is 9.19. The van der Waals surface area contributed by atoms with Gasteiger partial charge in [0, 0.05) is 18.7 Å². The van der Waals surface area contributed by atoms with Crippen LogP contribution in [-0.4, -0.2) is 10.0 Å². The highest BCUT2D eigenvalue weighted by molar-refractivity contribution is 7.80. The standard InChI is InChI=1S/C22H20ClN3O3S/c23-20-11-10-19(26(27)28)12-21(20)25-22(30)24-13-16-6-8-18(9-7-16)15-29-14-17-4-2-1-3-5-17/h1-12H,13-15H2,(H2,24,25,30). The Morgan fingerprint density at radius 2 is 1.60 bits per heavy atom. The molecule has 0 amide bonds. The van der Waals surface area contributed by atoms with Gasteiger partial charge in [0.05, 0.1) is 28.8 Å². The first kappa shape index (κ1) is 21.7. The fourth-order valence-electron chi connectivity index (χ4n) is 2.69. The van der Waals surface area contributed by atoms with Crippen LogP contribution in [0.2, 0.25) is 5.02 Å². The lowest BCUT2D eigenvalue weighted by Gasteiger charge is -2.12. The van der Waals surface area contributed by atoms with Gasteiger partial charge in [0.2, 0.25) is 0 Å². The summed E-state index contributed by atoms with van der Waals surface area (Å²) in [5, 5.41) is 17.5. The fraction of sp³-hybridized carbons (Fsp3) is 0.136. The number of anilines is 1. The minimum atomic E-state index is -0.483. The number of nitro benzene ring substituents is 1. The quantitative estimate of drug-likeness (QED) is 0.275. The van der Waals surface area contributed by atoms with Gasteiger partial charge in [-0.3, -0.25) is 10.1 Å². The number of nitrogens with zero attached hydrogens (tertiary/aromatic N) is 1. The lowest BCUT2D eigenvalue weighted by Crippen LogP contribution is -2.28. The van der Waals surface area contributed by atoms with Crippen LogP contribution in [0.15, 0.2) is 72.8 Å². The van der Waals surface area contributed by atoms with E-state index < -0.39 is 4.92 Å². The second kappa shape index (κ2) is 10.7. The van der Waals surface area contributed by atoms with Crippen LogP contribution in [0.5, 0.6) is 0 Å². The van der Waals surface area contributed by atoms with Gasteiger partial charge in [-0.15, -0.1) is 0 Å². The summed E-state index contributed by atoms with van der Waals surface area (Å²) < 4.78 is 5.74. The maximum Gasteiger partial charge on any atom is 0.271 e. The number of benzene rings is 3. The Bertz CT molecular complexity index is 1010. The summed E-state index contributed by atoms with van der Waals surface area (Å²) in [4.78, 5) is 10.4. The molecule has 0 aromatic heterocycles. The van der Waals surface area contributed by atoms with E-state index in [4.69, 9.17) is 28.6 Å². The van der Waals surface area contributed by atoms with E-state index in [9.17, 15) is 10.1 Å². The number of non-ortho nitro benzene ring substituents is 1. The Morgan fingerprint density at radius 1 is 0.967 bits per heavy atom. The fourth-order valence-corrected chi connectivity index (χ4v) is 3.03. The third kappa shape index (κ3) is 6.52. The van der Waals surface area contributed by atoms with Crippen LogP contribution in [0.4, 0.5) is 11.4 Å². The molecule has 30 heavy (non-hydrogen) atoms. The lowest BCUT2D eigenvalue weighted by atomic mass is 10.1. The second-order valence-corrected chi connectivity index (χ2v) is 7.34. The predicted molar refractivity (Wildman–Crippen MR) is 123 cm³/mol. The van der Waals surface area contributed by atoms with Gasteiger partial charge >= 0.3 is 0 Å². The molecule has 0 unspecified atom stereocenters. The Balaban J connectivity index is 1.46. The van der Waals surface area contributed by atoms with Crippen LogP contribution >= 0.6 is 23.8 Å². The topological polar surface area (TPSA) is 76.4 Å². The number of nitro groups is 1. The third-order valence-corrected chi connectivity index (χ3v) is 4.84. The molecule has 6 nitrogen and oxygen atoms in total. The van der Waals surface area contributed by atoms with Crippen LogP contribution in [-0.2, 0) is 24.5 Å². The molecule has 0 saturated carbocycles. The summed E-state index contributed by atoms with van der Waals surface area (Å²) in [6.45, 7) is 1.61. The van der Waals surface area contributed by atoms with Gasteiger partial charge in [0.1, 0.15) is 0 Å². The van der Waals surface area contributed by atoms with E-state index in [0.29, 0.717) is 35.6 Å². The normalized spacial score (nSPS) is 10.4. The molecule has 0 radical (unpaired) electrons. The Kier molecular flexibility index (Phi) is 7.73. The zero-order valence-corrected chi connectivity index (χ0v) is 17.6. The van der Waals surface area contributed by atoms with Crippen molar-refractivity contribution in [1.29, 1.82) is 0 Å². The molecule has 0 spiro atoms. The maximum atomic E-state index is 10.9. The van der Waals surface area contributed by atoms with Crippen molar-refractivity contribution in [2.75, 3.05) is 5.32 Å². The van der Waals surface area contributed by atoms with E-state index >= 15 is 0 Å². The molecule has 0 atom stereocenters. The second-order valence-electron chi connectivity index (χ2n) is 6.52. The van der Waals surface area contributed by atoms with Crippen molar-refractivity contribution in [3.8, 4) is 0 Å². The van der Waals surface area contributed by atoms with Crippen molar-refractivity contribution in [3.05, 3.63) is 105 Å². The monoisotopic (exact) mass is 441 g/mol. The summed E-state index contributed by atoms with van der Waals surface area (Å²) in [6.07, 6.45) is 0. The first-order valence-corrected chi connectivity index (χ1v) is 9.98. The minimum Gasteiger partial charge on any atom is -0.372 e. The zero-order chi connectivity index (χ0) is 21.3. The number of rotatable bonds is 8. The molecule has 3 rings (SSSR count). The van der Waals surface area contributed by atoms with Gasteiger partial charge in [-0.2, -0.15) is 0 Å². The average Bonchev–Trinajstić information content (AvgIpc) is 2.75. The maximum absolute atomic E-state index is 10.9. The predicted octanol–water partition coefficient (Wildman–Crippen LogP) is 5.45. The summed E-state index contributed by atoms with van der Waals surface area (Å²) in [5.41, 5.74) is 3.59. The SMILES string of the molecule is O=[N+]([O-])c1ccc(Cl)c(NC(=S)NCc2ccc(COCc3ccccc3)cc2)c1. The largest absolute Gasteiger partial charge is 0.372 e. The Morgan fingerprint density at radius 3 is 2.27 bits per heavy atom. The van der Waals surface area contributed by atoms with Crippen LogP contribution in [0.25, 0.3) is 0 Å².